The number of carbonyl (C=O) groups is 3. The molecule has 0 aliphatic rings. The summed E-state index contributed by atoms with van der Waals surface area (Å²) in [5.74, 6) is -2.48. The highest BCUT2D eigenvalue weighted by molar-refractivity contribution is 5.81. The Kier molecular flexibility index (Phi) is 7.41. The summed E-state index contributed by atoms with van der Waals surface area (Å²) in [5, 5.41) is 8.38. The van der Waals surface area contributed by atoms with Crippen molar-refractivity contribution in [2.24, 2.45) is 0 Å². The molecule has 0 spiro atoms. The van der Waals surface area contributed by atoms with Gasteiger partial charge in [-0.3, -0.25) is 9.59 Å². The van der Waals surface area contributed by atoms with Crippen LogP contribution in [-0.2, 0) is 23.9 Å². The lowest BCUT2D eigenvalue weighted by Gasteiger charge is -2.16. The minimum Gasteiger partial charge on any atom is -0.481 e. The Labute approximate surface area is 99.2 Å². The normalized spacial score (nSPS) is 11.4. The molecule has 0 aromatic carbocycles. The van der Waals surface area contributed by atoms with Gasteiger partial charge in [0.25, 0.3) is 0 Å². The van der Waals surface area contributed by atoms with Gasteiger partial charge in [-0.15, -0.1) is 0 Å². The summed E-state index contributed by atoms with van der Waals surface area (Å²) in [5.41, 5.74) is 0. The van der Waals surface area contributed by atoms with Crippen LogP contribution in [0.25, 0.3) is 0 Å². The third-order valence-electron chi connectivity index (χ3n) is 1.74. The number of hydrogen-bond acceptors (Lipinski definition) is 5. The van der Waals surface area contributed by atoms with Gasteiger partial charge >= 0.3 is 17.9 Å². The smallest absolute Gasteiger partial charge is 0.333 e. The summed E-state index contributed by atoms with van der Waals surface area (Å²) in [6.07, 6.45) is 0.439. The Hall–Kier alpha value is -1.85. The lowest BCUT2D eigenvalue weighted by molar-refractivity contribution is -0.186. The molecule has 0 amide bonds. The molecule has 0 aromatic rings. The molecule has 0 aromatic heterocycles. The number of esters is 2. The van der Waals surface area contributed by atoms with Gasteiger partial charge in [0.1, 0.15) is 0 Å². The van der Waals surface area contributed by atoms with Gasteiger partial charge in [0.2, 0.25) is 6.29 Å². The third kappa shape index (κ3) is 8.01. The Morgan fingerprint density at radius 3 is 2.41 bits per heavy atom. The minimum atomic E-state index is -1.09. The second-order valence-corrected chi connectivity index (χ2v) is 3.24. The summed E-state index contributed by atoms with van der Waals surface area (Å²) in [6, 6.07) is 0. The van der Waals surface area contributed by atoms with Crippen LogP contribution in [0.2, 0.25) is 0 Å². The summed E-state index contributed by atoms with van der Waals surface area (Å²) >= 11 is 0. The summed E-state index contributed by atoms with van der Waals surface area (Å²) in [7, 11) is 0. The van der Waals surface area contributed by atoms with Crippen LogP contribution >= 0.6 is 0 Å². The molecule has 0 rings (SSSR count). The average Bonchev–Trinajstić information content (AvgIpc) is 2.26. The lowest BCUT2D eigenvalue weighted by atomic mass is 10.3. The van der Waals surface area contributed by atoms with Gasteiger partial charge in [0.05, 0.1) is 12.8 Å². The number of aliphatic carboxylic acids is 1. The van der Waals surface area contributed by atoms with Crippen molar-refractivity contribution in [1.29, 1.82) is 0 Å². The van der Waals surface area contributed by atoms with E-state index >= 15 is 0 Å². The molecule has 0 bridgehead atoms. The molecule has 6 nitrogen and oxygen atoms in total. The van der Waals surface area contributed by atoms with E-state index in [1.165, 1.54) is 0 Å². The molecule has 6 heteroatoms. The maximum absolute atomic E-state index is 11.2. The fourth-order valence-electron chi connectivity index (χ4n) is 0.970. The molecule has 0 aliphatic carbocycles. The van der Waals surface area contributed by atoms with E-state index in [1.54, 1.807) is 0 Å². The van der Waals surface area contributed by atoms with Crippen LogP contribution in [-0.4, -0.2) is 29.3 Å². The van der Waals surface area contributed by atoms with Crippen molar-refractivity contribution in [2.75, 3.05) is 0 Å². The predicted octanol–water partition coefficient (Wildman–Crippen LogP) is 1.25. The van der Waals surface area contributed by atoms with Crippen molar-refractivity contribution in [3.63, 3.8) is 0 Å². The number of hydrogen-bond donors (Lipinski definition) is 1. The maximum Gasteiger partial charge on any atom is 0.333 e. The largest absolute Gasteiger partial charge is 0.481 e. The van der Waals surface area contributed by atoms with Crippen LogP contribution in [0.1, 0.15) is 32.6 Å². The zero-order chi connectivity index (χ0) is 13.3. The van der Waals surface area contributed by atoms with Crippen LogP contribution in [0.15, 0.2) is 12.7 Å². The topological polar surface area (TPSA) is 89.9 Å². The van der Waals surface area contributed by atoms with Crippen molar-refractivity contribution in [3.8, 4) is 0 Å². The van der Waals surface area contributed by atoms with Crippen molar-refractivity contribution < 1.29 is 29.0 Å². The molecule has 17 heavy (non-hydrogen) atoms. The van der Waals surface area contributed by atoms with Gasteiger partial charge in [-0.05, 0) is 6.42 Å². The van der Waals surface area contributed by atoms with E-state index in [1.807, 2.05) is 6.92 Å². The lowest BCUT2D eigenvalue weighted by Crippen LogP contribution is -2.24. The molecule has 96 valence electrons. The van der Waals surface area contributed by atoms with Crippen molar-refractivity contribution in [1.82, 2.24) is 0 Å². The van der Waals surface area contributed by atoms with Gasteiger partial charge < -0.3 is 14.6 Å². The number of carboxylic acid groups (broad SMARTS) is 1. The van der Waals surface area contributed by atoms with Crippen LogP contribution in [0.4, 0.5) is 0 Å². The quantitative estimate of drug-likeness (QED) is 0.392. The number of rotatable bonds is 8. The van der Waals surface area contributed by atoms with E-state index in [2.05, 4.69) is 6.58 Å². The monoisotopic (exact) mass is 244 g/mol. The zero-order valence-electron chi connectivity index (χ0n) is 9.68. The second kappa shape index (κ2) is 8.32. The first-order valence-corrected chi connectivity index (χ1v) is 5.24. The van der Waals surface area contributed by atoms with Crippen LogP contribution < -0.4 is 0 Å². The first kappa shape index (κ1) is 15.2. The van der Waals surface area contributed by atoms with Crippen molar-refractivity contribution >= 4 is 17.9 Å². The highest BCUT2D eigenvalue weighted by Crippen LogP contribution is 2.07. The minimum absolute atomic E-state index is 0.249. The van der Waals surface area contributed by atoms with Gasteiger partial charge in [-0.2, -0.15) is 0 Å². The Balaban J connectivity index is 4.13. The van der Waals surface area contributed by atoms with E-state index in [0.29, 0.717) is 12.8 Å². The second-order valence-electron chi connectivity index (χ2n) is 3.24. The van der Waals surface area contributed by atoms with E-state index in [0.717, 1.165) is 6.08 Å². The third-order valence-corrected chi connectivity index (χ3v) is 1.74. The number of carbonyl (C=O) groups excluding carboxylic acids is 2. The first-order chi connectivity index (χ1) is 7.99. The average molecular weight is 244 g/mol. The molecule has 1 N–H and O–H groups in total. The Morgan fingerprint density at radius 1 is 1.29 bits per heavy atom. The van der Waals surface area contributed by atoms with Crippen LogP contribution in [0.3, 0.4) is 0 Å². The molecular formula is C11H16O6. The molecule has 0 fully saturated rings. The predicted molar refractivity (Wildman–Crippen MR) is 57.9 cm³/mol. The molecule has 0 heterocycles. The number of carboxylic acids is 1. The summed E-state index contributed by atoms with van der Waals surface area (Å²) in [4.78, 5) is 32.4. The van der Waals surface area contributed by atoms with Gasteiger partial charge in [-0.1, -0.05) is 13.5 Å². The van der Waals surface area contributed by atoms with Gasteiger partial charge in [0.15, 0.2) is 0 Å². The molecule has 1 unspecified atom stereocenters. The van der Waals surface area contributed by atoms with Gasteiger partial charge in [-0.25, -0.2) is 4.79 Å². The fourth-order valence-corrected chi connectivity index (χ4v) is 0.970. The van der Waals surface area contributed by atoms with Crippen molar-refractivity contribution in [3.05, 3.63) is 12.7 Å². The molecule has 0 radical (unpaired) electrons. The van der Waals surface area contributed by atoms with E-state index in [-0.39, 0.29) is 12.8 Å². The van der Waals surface area contributed by atoms with E-state index in [4.69, 9.17) is 14.6 Å². The summed E-state index contributed by atoms with van der Waals surface area (Å²) < 4.78 is 9.59. The summed E-state index contributed by atoms with van der Waals surface area (Å²) in [6.45, 7) is 5.05. The molecule has 0 saturated carbocycles. The maximum atomic E-state index is 11.2. The van der Waals surface area contributed by atoms with Crippen molar-refractivity contribution in [2.45, 2.75) is 38.9 Å². The Bertz CT molecular complexity index is 296. The van der Waals surface area contributed by atoms with E-state index < -0.39 is 24.2 Å². The highest BCUT2D eigenvalue weighted by atomic mass is 16.7. The van der Waals surface area contributed by atoms with E-state index in [9.17, 15) is 14.4 Å². The molecule has 1 atom stereocenters. The number of ether oxygens (including phenoxy) is 2. The first-order valence-electron chi connectivity index (χ1n) is 5.24. The van der Waals surface area contributed by atoms with Crippen LogP contribution in [0, 0.1) is 0 Å². The molecular weight excluding hydrogens is 228 g/mol. The molecule has 0 saturated heterocycles. The molecule has 0 aliphatic heterocycles. The highest BCUT2D eigenvalue weighted by Gasteiger charge is 2.17. The van der Waals surface area contributed by atoms with Crippen LogP contribution in [0.5, 0.6) is 0 Å². The van der Waals surface area contributed by atoms with Gasteiger partial charge in [0, 0.05) is 12.5 Å². The fraction of sp³-hybridized carbons (Fsp3) is 0.545. The zero-order valence-corrected chi connectivity index (χ0v) is 9.68. The standard InChI is InChI=1S/C11H16O6/c1-3-5-11(16-9(14)4-2)17-10(15)7-6-8(12)13/h4,11H,2-3,5-7H2,1H3,(H,12,13). The SMILES string of the molecule is C=CC(=O)OC(CCC)OC(=O)CCC(=O)O. The Morgan fingerprint density at radius 2 is 1.94 bits per heavy atom.